The summed E-state index contributed by atoms with van der Waals surface area (Å²) in [4.78, 5) is 24.7. The van der Waals surface area contributed by atoms with Crippen LogP contribution in [0.2, 0.25) is 36.3 Å². The van der Waals surface area contributed by atoms with E-state index in [0.29, 0.717) is 32.1 Å². The second-order valence-electron chi connectivity index (χ2n) is 14.6. The first-order valence-corrected chi connectivity index (χ1v) is 21.3. The van der Waals surface area contributed by atoms with E-state index in [2.05, 4.69) is 98.6 Å². The SMILES string of the molecule is CCCCC[C@@H](/C=C/[C@H]1C(O[Si](C)(C)C(C)(C)C)CC(=O)C1CC#CCCCC(=O)OC)O[Si](C)(C)C(C)(C)C. The van der Waals surface area contributed by atoms with Gasteiger partial charge in [0.2, 0.25) is 0 Å². The number of unbranched alkanes of at least 4 members (excludes halogenated alkanes) is 3. The Kier molecular flexibility index (Phi) is 14.6. The van der Waals surface area contributed by atoms with Crippen molar-refractivity contribution in [2.24, 2.45) is 11.8 Å². The molecule has 1 aliphatic carbocycles. The Morgan fingerprint density at radius 3 is 2.17 bits per heavy atom. The van der Waals surface area contributed by atoms with Gasteiger partial charge in [-0.25, -0.2) is 0 Å². The molecule has 0 heterocycles. The monoisotopic (exact) mass is 592 g/mol. The summed E-state index contributed by atoms with van der Waals surface area (Å²) in [5, 5.41) is 0.198. The maximum absolute atomic E-state index is 13.3. The predicted molar refractivity (Wildman–Crippen MR) is 172 cm³/mol. The molecule has 2 unspecified atom stereocenters. The van der Waals surface area contributed by atoms with Crippen LogP contribution in [0.15, 0.2) is 12.2 Å². The number of carbonyl (C=O) groups is 2. The summed E-state index contributed by atoms with van der Waals surface area (Å²) in [7, 11) is -2.62. The van der Waals surface area contributed by atoms with Gasteiger partial charge < -0.3 is 13.6 Å². The van der Waals surface area contributed by atoms with E-state index in [0.717, 1.165) is 12.8 Å². The molecule has 0 N–H and O–H groups in total. The molecule has 0 amide bonds. The van der Waals surface area contributed by atoms with E-state index in [-0.39, 0.29) is 45.9 Å². The van der Waals surface area contributed by atoms with Gasteiger partial charge in [0.05, 0.1) is 19.3 Å². The van der Waals surface area contributed by atoms with Gasteiger partial charge in [0, 0.05) is 37.5 Å². The minimum Gasteiger partial charge on any atom is -0.469 e. The van der Waals surface area contributed by atoms with E-state index in [1.54, 1.807) is 0 Å². The highest BCUT2D eigenvalue weighted by Gasteiger charge is 2.47. The maximum Gasteiger partial charge on any atom is 0.305 e. The number of ketones is 1. The molecule has 1 rings (SSSR count). The van der Waals surface area contributed by atoms with Crippen LogP contribution in [0, 0.1) is 23.7 Å². The summed E-state index contributed by atoms with van der Waals surface area (Å²) >= 11 is 0. The number of ether oxygens (including phenoxy) is 1. The summed E-state index contributed by atoms with van der Waals surface area (Å²) in [5.74, 6) is 6.28. The zero-order chi connectivity index (χ0) is 30.8. The molecule has 4 atom stereocenters. The Morgan fingerprint density at radius 2 is 1.62 bits per heavy atom. The molecule has 0 aromatic rings. The lowest BCUT2D eigenvalue weighted by Gasteiger charge is -2.40. The number of rotatable bonds is 14. The second-order valence-corrected chi connectivity index (χ2v) is 24.1. The average Bonchev–Trinajstić information content (AvgIpc) is 3.10. The number of hydrogen-bond donors (Lipinski definition) is 0. The lowest BCUT2D eigenvalue weighted by atomic mass is 9.90. The normalized spacial score (nSPS) is 21.4. The first-order valence-electron chi connectivity index (χ1n) is 15.5. The highest BCUT2D eigenvalue weighted by molar-refractivity contribution is 6.74. The van der Waals surface area contributed by atoms with Crippen molar-refractivity contribution in [3.05, 3.63) is 12.2 Å². The Hall–Kier alpha value is -1.21. The van der Waals surface area contributed by atoms with Crippen molar-refractivity contribution in [1.29, 1.82) is 0 Å². The summed E-state index contributed by atoms with van der Waals surface area (Å²) in [5.41, 5.74) is 0. The topological polar surface area (TPSA) is 61.8 Å². The fraction of sp³-hybridized carbons (Fsp3) is 0.818. The van der Waals surface area contributed by atoms with E-state index in [1.165, 1.54) is 20.0 Å². The lowest BCUT2D eigenvalue weighted by Crippen LogP contribution is -2.45. The summed E-state index contributed by atoms with van der Waals surface area (Å²) in [6.45, 7) is 25.0. The van der Waals surface area contributed by atoms with Crippen LogP contribution in [-0.2, 0) is 23.2 Å². The van der Waals surface area contributed by atoms with Gasteiger partial charge in [-0.3, -0.25) is 9.59 Å². The van der Waals surface area contributed by atoms with Crippen LogP contribution in [0.3, 0.4) is 0 Å². The van der Waals surface area contributed by atoms with Crippen molar-refractivity contribution < 1.29 is 23.2 Å². The minimum absolute atomic E-state index is 0.0114. The fourth-order valence-electron chi connectivity index (χ4n) is 4.43. The van der Waals surface area contributed by atoms with E-state index < -0.39 is 16.6 Å². The molecule has 0 bridgehead atoms. The van der Waals surface area contributed by atoms with E-state index in [1.807, 2.05) is 0 Å². The van der Waals surface area contributed by atoms with E-state index in [9.17, 15) is 9.59 Å². The van der Waals surface area contributed by atoms with Crippen molar-refractivity contribution >= 4 is 28.4 Å². The Bertz CT molecular complexity index is 899. The van der Waals surface area contributed by atoms with Crippen molar-refractivity contribution in [1.82, 2.24) is 0 Å². The molecule has 0 aromatic carbocycles. The Morgan fingerprint density at radius 1 is 1.00 bits per heavy atom. The van der Waals surface area contributed by atoms with Crippen LogP contribution in [0.5, 0.6) is 0 Å². The van der Waals surface area contributed by atoms with Crippen LogP contribution in [0.25, 0.3) is 0 Å². The van der Waals surface area contributed by atoms with Crippen molar-refractivity contribution in [3.63, 3.8) is 0 Å². The second kappa shape index (κ2) is 15.9. The van der Waals surface area contributed by atoms with Crippen molar-refractivity contribution in [2.75, 3.05) is 7.11 Å². The number of Topliss-reactive ketones (excluding diaryl/α,β-unsaturated/α-hetero) is 1. The molecule has 0 radical (unpaired) electrons. The molecule has 40 heavy (non-hydrogen) atoms. The number of methoxy groups -OCH3 is 1. The summed E-state index contributed by atoms with van der Waals surface area (Å²) in [6.07, 6.45) is 11.5. The third-order valence-electron chi connectivity index (χ3n) is 9.21. The van der Waals surface area contributed by atoms with Crippen molar-refractivity contribution in [3.8, 4) is 11.8 Å². The third kappa shape index (κ3) is 11.6. The standard InChI is InChI=1S/C33H60O5Si2/c1-13-14-17-20-26(37-39(9,10)32(2,3)4)23-24-28-27(21-18-15-16-19-22-31(35)36-8)29(34)25-30(28)38-40(11,12)33(5,6)7/h23-24,26-28,30H,13-14,16-17,19-22,25H2,1-12H3/b24-23+/t26-,27?,28+,30?/m0/s1. The predicted octanol–water partition coefficient (Wildman–Crippen LogP) is 8.85. The quantitative estimate of drug-likeness (QED) is 0.0663. The lowest BCUT2D eigenvalue weighted by molar-refractivity contribution is -0.140. The van der Waals surface area contributed by atoms with Gasteiger partial charge in [-0.05, 0) is 49.1 Å². The molecule has 230 valence electrons. The molecule has 0 saturated heterocycles. The number of esters is 1. The first-order chi connectivity index (χ1) is 18.4. The molecule has 5 nitrogen and oxygen atoms in total. The smallest absolute Gasteiger partial charge is 0.305 e. The Labute approximate surface area is 248 Å². The molecule has 0 aromatic heterocycles. The highest BCUT2D eigenvalue weighted by Crippen LogP contribution is 2.43. The third-order valence-corrected chi connectivity index (χ3v) is 18.2. The van der Waals surface area contributed by atoms with Crippen LogP contribution in [0.1, 0.15) is 106 Å². The van der Waals surface area contributed by atoms with Gasteiger partial charge in [0.15, 0.2) is 16.6 Å². The van der Waals surface area contributed by atoms with Gasteiger partial charge in [-0.2, -0.15) is 0 Å². The number of carbonyl (C=O) groups excluding carboxylic acids is 2. The summed E-state index contributed by atoms with van der Waals surface area (Å²) in [6, 6.07) is 0. The molecular weight excluding hydrogens is 533 g/mol. The van der Waals surface area contributed by atoms with E-state index >= 15 is 0 Å². The van der Waals surface area contributed by atoms with Crippen molar-refractivity contribution in [2.45, 2.75) is 155 Å². The largest absolute Gasteiger partial charge is 0.469 e. The van der Waals surface area contributed by atoms with Gasteiger partial charge in [0.25, 0.3) is 0 Å². The van der Waals surface area contributed by atoms with E-state index in [4.69, 9.17) is 13.6 Å². The molecule has 1 fully saturated rings. The average molecular weight is 593 g/mol. The van der Waals surface area contributed by atoms with Crippen LogP contribution in [-0.4, -0.2) is 47.7 Å². The van der Waals surface area contributed by atoms with Gasteiger partial charge in [-0.1, -0.05) is 79.9 Å². The molecule has 0 aliphatic heterocycles. The first kappa shape index (κ1) is 36.8. The zero-order valence-electron chi connectivity index (χ0n) is 27.9. The molecular formula is C33H60O5Si2. The zero-order valence-corrected chi connectivity index (χ0v) is 29.9. The van der Waals surface area contributed by atoms with Gasteiger partial charge >= 0.3 is 5.97 Å². The fourth-order valence-corrected chi connectivity index (χ4v) is 7.09. The molecule has 1 saturated carbocycles. The van der Waals surface area contributed by atoms with Crippen LogP contribution < -0.4 is 0 Å². The molecule has 0 spiro atoms. The Balaban J connectivity index is 3.24. The maximum atomic E-state index is 13.3. The van der Waals surface area contributed by atoms with Crippen LogP contribution >= 0.6 is 0 Å². The summed E-state index contributed by atoms with van der Waals surface area (Å²) < 4.78 is 18.5. The van der Waals surface area contributed by atoms with Gasteiger partial charge in [0.1, 0.15) is 5.78 Å². The van der Waals surface area contributed by atoms with Crippen LogP contribution in [0.4, 0.5) is 0 Å². The van der Waals surface area contributed by atoms with Gasteiger partial charge in [-0.15, -0.1) is 11.8 Å². The highest BCUT2D eigenvalue weighted by atomic mass is 28.4. The molecule has 7 heteroatoms. The number of hydrogen-bond acceptors (Lipinski definition) is 5. The minimum atomic E-state index is -2.07. The molecule has 1 aliphatic rings.